The molecule has 3 N–H and O–H groups in total. The maximum absolute atomic E-state index is 9.39. The number of aliphatic hydroxyl groups excluding tert-OH is 1. The lowest BCUT2D eigenvalue weighted by Crippen LogP contribution is -2.51. The molecule has 4 unspecified atom stereocenters. The van der Waals surface area contributed by atoms with Crippen molar-refractivity contribution in [3.05, 3.63) is 0 Å². The molecule has 0 bridgehead atoms. The topological polar surface area (TPSA) is 49.5 Å². The van der Waals surface area contributed by atoms with Gasteiger partial charge in [0.2, 0.25) is 0 Å². The van der Waals surface area contributed by atoms with Gasteiger partial charge >= 0.3 is 0 Å². The lowest BCUT2D eigenvalue weighted by molar-refractivity contribution is 0.0204. The van der Waals surface area contributed by atoms with Gasteiger partial charge in [0.15, 0.2) is 0 Å². The third-order valence-electron chi connectivity index (χ3n) is 5.76. The van der Waals surface area contributed by atoms with E-state index in [1.165, 1.54) is 25.7 Å². The van der Waals surface area contributed by atoms with Gasteiger partial charge in [-0.25, -0.2) is 0 Å². The maximum Gasteiger partial charge on any atom is 0.0584 e. The average molecular weight is 270 g/mol. The summed E-state index contributed by atoms with van der Waals surface area (Å²) in [6.45, 7) is 10.2. The van der Waals surface area contributed by atoms with Gasteiger partial charge < -0.3 is 10.8 Å². The van der Waals surface area contributed by atoms with Gasteiger partial charge in [-0.1, -0.05) is 27.2 Å². The molecule has 0 aromatic rings. The van der Waals surface area contributed by atoms with Crippen molar-refractivity contribution < 1.29 is 5.11 Å². The first-order chi connectivity index (χ1) is 8.87. The number of nitrogens with zero attached hydrogens (tertiary/aromatic N) is 1. The van der Waals surface area contributed by atoms with Crippen LogP contribution < -0.4 is 5.73 Å². The van der Waals surface area contributed by atoms with Crippen molar-refractivity contribution in [2.24, 2.45) is 23.0 Å². The molecule has 0 saturated heterocycles. The molecular weight excluding hydrogens is 236 g/mol. The van der Waals surface area contributed by atoms with Gasteiger partial charge in [0.25, 0.3) is 0 Å². The highest BCUT2D eigenvalue weighted by molar-refractivity contribution is 4.92. The molecule has 1 saturated carbocycles. The fraction of sp³-hybridized carbons (Fsp3) is 1.00. The summed E-state index contributed by atoms with van der Waals surface area (Å²) < 4.78 is 0. The van der Waals surface area contributed by atoms with E-state index in [2.05, 4.69) is 39.6 Å². The summed E-state index contributed by atoms with van der Waals surface area (Å²) in [5.41, 5.74) is 6.39. The van der Waals surface area contributed by atoms with E-state index < -0.39 is 0 Å². The lowest BCUT2D eigenvalue weighted by Gasteiger charge is -2.47. The molecule has 1 aliphatic rings. The molecule has 0 heterocycles. The quantitative estimate of drug-likeness (QED) is 0.779. The van der Waals surface area contributed by atoms with Gasteiger partial charge in [0.1, 0.15) is 0 Å². The summed E-state index contributed by atoms with van der Waals surface area (Å²) in [5.74, 6) is 1.36. The van der Waals surface area contributed by atoms with Crippen LogP contribution in [0.2, 0.25) is 0 Å². The second-order valence-electron chi connectivity index (χ2n) is 7.11. The normalized spacial score (nSPS) is 30.6. The zero-order valence-electron chi connectivity index (χ0n) is 13.5. The summed E-state index contributed by atoms with van der Waals surface area (Å²) in [6.07, 6.45) is 5.00. The van der Waals surface area contributed by atoms with Crippen LogP contribution >= 0.6 is 0 Å². The van der Waals surface area contributed by atoms with E-state index in [1.54, 1.807) is 0 Å². The molecular formula is C16H34N2O. The first-order valence-corrected chi connectivity index (χ1v) is 7.90. The molecule has 0 radical (unpaired) electrons. The third kappa shape index (κ3) is 3.93. The van der Waals surface area contributed by atoms with Crippen LogP contribution in [-0.4, -0.2) is 42.3 Å². The predicted octanol–water partition coefficient (Wildman–Crippen LogP) is 2.48. The third-order valence-corrected chi connectivity index (χ3v) is 5.76. The highest BCUT2D eigenvalue weighted by Crippen LogP contribution is 2.43. The Balaban J connectivity index is 2.79. The van der Waals surface area contributed by atoms with Gasteiger partial charge in [-0.05, 0) is 57.0 Å². The van der Waals surface area contributed by atoms with Crippen molar-refractivity contribution in [2.75, 3.05) is 20.2 Å². The first kappa shape index (κ1) is 16.9. The molecule has 0 aromatic carbocycles. The Labute approximate surface area is 119 Å². The molecule has 0 aliphatic heterocycles. The smallest absolute Gasteiger partial charge is 0.0584 e. The molecule has 0 aromatic heterocycles. The van der Waals surface area contributed by atoms with E-state index in [0.29, 0.717) is 17.4 Å². The number of aliphatic hydroxyl groups is 1. The SMILES string of the molecule is CCC(C)(C)C1CCC(CN)C(N(C)C(C)CO)C1. The van der Waals surface area contributed by atoms with E-state index in [0.717, 1.165) is 12.5 Å². The molecule has 0 amide bonds. The van der Waals surface area contributed by atoms with E-state index in [9.17, 15) is 5.11 Å². The minimum atomic E-state index is 0.225. The molecule has 3 nitrogen and oxygen atoms in total. The zero-order valence-corrected chi connectivity index (χ0v) is 13.5. The fourth-order valence-corrected chi connectivity index (χ4v) is 3.44. The van der Waals surface area contributed by atoms with Gasteiger partial charge in [-0.15, -0.1) is 0 Å². The van der Waals surface area contributed by atoms with Crippen LogP contribution in [0, 0.1) is 17.3 Å². The standard InChI is InChI=1S/C16H34N2O/c1-6-16(3,4)14-8-7-13(10-17)15(9-14)18(5)12(2)11-19/h12-15,19H,6-11,17H2,1-5H3. The Morgan fingerprint density at radius 2 is 2.00 bits per heavy atom. The van der Waals surface area contributed by atoms with Gasteiger partial charge in [-0.2, -0.15) is 0 Å². The molecule has 114 valence electrons. The predicted molar refractivity (Wildman–Crippen MR) is 82.1 cm³/mol. The van der Waals surface area contributed by atoms with Gasteiger partial charge in [-0.3, -0.25) is 4.90 Å². The minimum Gasteiger partial charge on any atom is -0.395 e. The molecule has 1 rings (SSSR count). The molecule has 1 aliphatic carbocycles. The summed E-state index contributed by atoms with van der Waals surface area (Å²) in [6, 6.07) is 0.749. The second kappa shape index (κ2) is 7.05. The summed E-state index contributed by atoms with van der Waals surface area (Å²) >= 11 is 0. The van der Waals surface area contributed by atoms with Crippen molar-refractivity contribution in [1.29, 1.82) is 0 Å². The Kier molecular flexibility index (Phi) is 6.28. The fourth-order valence-electron chi connectivity index (χ4n) is 3.44. The van der Waals surface area contributed by atoms with Gasteiger partial charge in [0.05, 0.1) is 6.61 Å². The Hall–Kier alpha value is -0.120. The molecule has 0 spiro atoms. The van der Waals surface area contributed by atoms with Crippen LogP contribution in [0.15, 0.2) is 0 Å². The number of hydrogen-bond acceptors (Lipinski definition) is 3. The molecule has 1 fully saturated rings. The summed E-state index contributed by atoms with van der Waals surface area (Å²) in [7, 11) is 2.15. The van der Waals surface area contributed by atoms with Crippen LogP contribution in [0.25, 0.3) is 0 Å². The monoisotopic (exact) mass is 270 g/mol. The Morgan fingerprint density at radius 1 is 1.37 bits per heavy atom. The van der Waals surface area contributed by atoms with Crippen LogP contribution in [0.4, 0.5) is 0 Å². The number of rotatable bonds is 6. The van der Waals surface area contributed by atoms with Crippen LogP contribution in [-0.2, 0) is 0 Å². The van der Waals surface area contributed by atoms with Crippen LogP contribution in [0.3, 0.4) is 0 Å². The van der Waals surface area contributed by atoms with Crippen molar-refractivity contribution >= 4 is 0 Å². The average Bonchev–Trinajstić information content (AvgIpc) is 2.44. The van der Waals surface area contributed by atoms with Crippen molar-refractivity contribution in [1.82, 2.24) is 4.90 Å². The molecule has 4 atom stereocenters. The van der Waals surface area contributed by atoms with E-state index >= 15 is 0 Å². The Morgan fingerprint density at radius 3 is 2.47 bits per heavy atom. The van der Waals surface area contributed by atoms with Crippen molar-refractivity contribution in [3.63, 3.8) is 0 Å². The number of likely N-dealkylation sites (N-methyl/N-ethyl adjacent to an activating group) is 1. The van der Waals surface area contributed by atoms with E-state index in [4.69, 9.17) is 5.73 Å². The lowest BCUT2D eigenvalue weighted by atomic mass is 9.65. The van der Waals surface area contributed by atoms with Gasteiger partial charge in [0, 0.05) is 12.1 Å². The van der Waals surface area contributed by atoms with Crippen molar-refractivity contribution in [3.8, 4) is 0 Å². The molecule has 3 heteroatoms. The minimum absolute atomic E-state index is 0.225. The zero-order chi connectivity index (χ0) is 14.6. The van der Waals surface area contributed by atoms with Crippen LogP contribution in [0.1, 0.15) is 53.4 Å². The summed E-state index contributed by atoms with van der Waals surface area (Å²) in [4.78, 5) is 2.36. The Bertz CT molecular complexity index is 267. The highest BCUT2D eigenvalue weighted by Gasteiger charge is 2.38. The number of nitrogens with two attached hydrogens (primary N) is 1. The second-order valence-corrected chi connectivity index (χ2v) is 7.11. The van der Waals surface area contributed by atoms with Crippen molar-refractivity contribution in [2.45, 2.75) is 65.5 Å². The van der Waals surface area contributed by atoms with Crippen LogP contribution in [0.5, 0.6) is 0 Å². The first-order valence-electron chi connectivity index (χ1n) is 7.90. The molecule has 19 heavy (non-hydrogen) atoms. The summed E-state index contributed by atoms with van der Waals surface area (Å²) in [5, 5.41) is 9.39. The largest absolute Gasteiger partial charge is 0.395 e. The highest BCUT2D eigenvalue weighted by atomic mass is 16.3. The van der Waals surface area contributed by atoms with E-state index in [1.807, 2.05) is 0 Å². The van der Waals surface area contributed by atoms with E-state index in [-0.39, 0.29) is 12.6 Å². The number of hydrogen-bond donors (Lipinski definition) is 2. The maximum atomic E-state index is 9.39.